The summed E-state index contributed by atoms with van der Waals surface area (Å²) in [7, 11) is 0. The maximum atomic E-state index is 14.3. The first-order chi connectivity index (χ1) is 42.5. The maximum absolute atomic E-state index is 14.3. The number of esters is 4. The molecular formula is C69H117Cl3N2O14. The number of unbranched alkanes of at least 4 members (excludes halogenated alkanes) is 28. The molecule has 16 nitrogen and oxygen atoms in total. The lowest BCUT2D eigenvalue weighted by Crippen LogP contribution is -2.65. The van der Waals surface area contributed by atoms with Gasteiger partial charge in [-0.05, 0) is 56.9 Å². The van der Waals surface area contributed by atoms with Crippen molar-refractivity contribution >= 4 is 70.7 Å². The van der Waals surface area contributed by atoms with Gasteiger partial charge in [0.1, 0.15) is 37.6 Å². The molecule has 0 aromatic heterocycles. The highest BCUT2D eigenvalue weighted by atomic mass is 35.6. The highest BCUT2D eigenvalue weighted by molar-refractivity contribution is 6.67. The van der Waals surface area contributed by atoms with Gasteiger partial charge in [-0.15, -0.1) is 0 Å². The molecule has 1 heterocycles. The zero-order valence-electron chi connectivity index (χ0n) is 54.5. The van der Waals surface area contributed by atoms with Crippen molar-refractivity contribution in [2.24, 2.45) is 0 Å². The lowest BCUT2D eigenvalue weighted by molar-refractivity contribution is -0.212. The Labute approximate surface area is 545 Å². The van der Waals surface area contributed by atoms with Crippen LogP contribution in [0, 0.1) is 0 Å². The van der Waals surface area contributed by atoms with Crippen LogP contribution in [0.4, 0.5) is 4.79 Å². The average Bonchev–Trinajstić information content (AvgIpc) is 0.993. The Morgan fingerprint density at radius 2 is 0.977 bits per heavy atom. The number of alkyl halides is 3. The first-order valence-electron chi connectivity index (χ1n) is 34.5. The van der Waals surface area contributed by atoms with Crippen LogP contribution in [-0.4, -0.2) is 112 Å². The molecule has 1 aromatic carbocycles. The molecule has 0 unspecified atom stereocenters. The number of ether oxygens (including phenoxy) is 6. The summed E-state index contributed by atoms with van der Waals surface area (Å²) in [6.07, 6.45) is 26.0. The highest BCUT2D eigenvalue weighted by Crippen LogP contribution is 2.30. The van der Waals surface area contributed by atoms with E-state index in [-0.39, 0.29) is 57.5 Å². The van der Waals surface area contributed by atoms with Gasteiger partial charge in [-0.2, -0.15) is 0 Å². The third kappa shape index (κ3) is 41.9. The Balaban J connectivity index is 2.43. The SMILES string of the molecule is CCCCCCCCCCC[C@H](CC(=O)N[C@@H](CC[C@@H]1O[C@H](CO)[C@@H](O)[C@H](OC(=O)C[C@@H](CCCCCCCCCCC)OC(=O)CCCCCCCCC)[C@H]1NC(=O)OCC(Cl)(Cl)Cl)CC(=O)OCc1ccccc1)OC(=O)CCCCCCCCC. The van der Waals surface area contributed by atoms with Crippen LogP contribution >= 0.6 is 34.8 Å². The molecular weight excluding hydrogens is 1190 g/mol. The van der Waals surface area contributed by atoms with Crippen molar-refractivity contribution in [3.05, 3.63) is 35.9 Å². The molecule has 1 aliphatic rings. The highest BCUT2D eigenvalue weighted by Gasteiger charge is 2.48. The molecule has 2 rings (SSSR count). The van der Waals surface area contributed by atoms with E-state index < -0.39 is 95.6 Å². The number of carbonyl (C=O) groups excluding carboxylic acids is 6. The second kappa shape index (κ2) is 52.1. The van der Waals surface area contributed by atoms with E-state index in [0.717, 1.165) is 115 Å². The fraction of sp³-hybridized carbons (Fsp3) is 0.826. The van der Waals surface area contributed by atoms with Crippen LogP contribution in [0.3, 0.4) is 0 Å². The van der Waals surface area contributed by atoms with E-state index in [1.54, 1.807) is 0 Å². The van der Waals surface area contributed by atoms with E-state index in [1.165, 1.54) is 77.0 Å². The molecule has 1 aliphatic heterocycles. The van der Waals surface area contributed by atoms with Gasteiger partial charge in [0.15, 0.2) is 6.10 Å². The average molecular weight is 1310 g/mol. The van der Waals surface area contributed by atoms with E-state index in [9.17, 15) is 39.0 Å². The Bertz CT molecular complexity index is 1970. The van der Waals surface area contributed by atoms with Gasteiger partial charge in [0.25, 0.3) is 0 Å². The van der Waals surface area contributed by atoms with E-state index in [2.05, 4.69) is 38.3 Å². The predicted molar refractivity (Wildman–Crippen MR) is 350 cm³/mol. The van der Waals surface area contributed by atoms with Gasteiger partial charge in [-0.25, -0.2) is 4.79 Å². The van der Waals surface area contributed by atoms with Crippen LogP contribution in [0.15, 0.2) is 30.3 Å². The zero-order valence-corrected chi connectivity index (χ0v) is 56.8. The quantitative estimate of drug-likeness (QED) is 0.0206. The molecule has 0 saturated carbocycles. The second-order valence-corrected chi connectivity index (χ2v) is 27.0. The number of hydrogen-bond acceptors (Lipinski definition) is 14. The molecule has 8 atom stereocenters. The summed E-state index contributed by atoms with van der Waals surface area (Å²) < 4.78 is 33.3. The molecule has 0 bridgehead atoms. The van der Waals surface area contributed by atoms with E-state index in [1.807, 2.05) is 30.3 Å². The minimum absolute atomic E-state index is 0.00358. The molecule has 1 fully saturated rings. The van der Waals surface area contributed by atoms with Gasteiger partial charge in [-0.1, -0.05) is 273 Å². The second-order valence-electron chi connectivity index (χ2n) is 24.5. The Morgan fingerprint density at radius 1 is 0.534 bits per heavy atom. The lowest BCUT2D eigenvalue weighted by Gasteiger charge is -2.44. The summed E-state index contributed by atoms with van der Waals surface area (Å²) in [4.78, 5) is 82.4. The number of aliphatic hydroxyl groups excluding tert-OH is 2. The normalized spacial score (nSPS) is 17.8. The molecule has 2 amide bonds. The van der Waals surface area contributed by atoms with Gasteiger partial charge in [0, 0.05) is 18.9 Å². The lowest BCUT2D eigenvalue weighted by atomic mass is 9.89. The maximum Gasteiger partial charge on any atom is 0.407 e. The van der Waals surface area contributed by atoms with Gasteiger partial charge in [-0.3, -0.25) is 24.0 Å². The number of halogens is 3. The Morgan fingerprint density at radius 3 is 1.43 bits per heavy atom. The van der Waals surface area contributed by atoms with Crippen LogP contribution in [0.1, 0.15) is 297 Å². The van der Waals surface area contributed by atoms with Crippen molar-refractivity contribution in [2.45, 2.75) is 350 Å². The largest absolute Gasteiger partial charge is 0.462 e. The fourth-order valence-corrected chi connectivity index (χ4v) is 11.4. The van der Waals surface area contributed by atoms with Crippen molar-refractivity contribution in [1.82, 2.24) is 10.6 Å². The van der Waals surface area contributed by atoms with Gasteiger partial charge >= 0.3 is 30.0 Å². The van der Waals surface area contributed by atoms with Crippen LogP contribution in [-0.2, 0) is 59.0 Å². The Kier molecular flexibility index (Phi) is 47.8. The van der Waals surface area contributed by atoms with Crippen LogP contribution in [0.5, 0.6) is 0 Å². The molecule has 508 valence electrons. The van der Waals surface area contributed by atoms with Crippen LogP contribution in [0.2, 0.25) is 0 Å². The monoisotopic (exact) mass is 1300 g/mol. The van der Waals surface area contributed by atoms with Crippen LogP contribution < -0.4 is 10.6 Å². The topological polar surface area (TPSA) is 222 Å². The number of nitrogens with one attached hydrogen (secondary N) is 2. The molecule has 0 spiro atoms. The third-order valence-corrected chi connectivity index (χ3v) is 16.7. The van der Waals surface area contributed by atoms with E-state index in [4.69, 9.17) is 63.2 Å². The third-order valence-electron chi connectivity index (χ3n) is 16.4. The Hall–Kier alpha value is -3.41. The summed E-state index contributed by atoms with van der Waals surface area (Å²) in [5.41, 5.74) is 0.755. The van der Waals surface area contributed by atoms with E-state index in [0.29, 0.717) is 32.1 Å². The van der Waals surface area contributed by atoms with Gasteiger partial charge in [0.2, 0.25) is 9.70 Å². The number of aliphatic hydroxyl groups is 2. The van der Waals surface area contributed by atoms with Crippen molar-refractivity contribution in [3.63, 3.8) is 0 Å². The number of amides is 2. The number of rotatable bonds is 54. The summed E-state index contributed by atoms with van der Waals surface area (Å²) in [6.45, 7) is 7.32. The smallest absolute Gasteiger partial charge is 0.407 e. The molecule has 88 heavy (non-hydrogen) atoms. The van der Waals surface area contributed by atoms with Gasteiger partial charge < -0.3 is 49.3 Å². The molecule has 1 aromatic rings. The molecule has 19 heteroatoms. The number of benzene rings is 1. The minimum atomic E-state index is -2.00. The number of alkyl carbamates (subject to hydrolysis) is 1. The minimum Gasteiger partial charge on any atom is -0.462 e. The first-order valence-corrected chi connectivity index (χ1v) is 35.7. The van der Waals surface area contributed by atoms with Crippen molar-refractivity contribution < 1.29 is 67.4 Å². The van der Waals surface area contributed by atoms with Crippen molar-refractivity contribution in [3.8, 4) is 0 Å². The fourth-order valence-electron chi connectivity index (χ4n) is 11.2. The van der Waals surface area contributed by atoms with Gasteiger partial charge in [0.05, 0.1) is 38.0 Å². The predicted octanol–water partition coefficient (Wildman–Crippen LogP) is 16.6. The summed E-state index contributed by atoms with van der Waals surface area (Å²) in [5, 5.41) is 28.1. The number of carbonyl (C=O) groups is 6. The molecule has 0 aliphatic carbocycles. The molecule has 1 saturated heterocycles. The summed E-state index contributed by atoms with van der Waals surface area (Å²) >= 11 is 17.9. The van der Waals surface area contributed by atoms with Crippen LogP contribution in [0.25, 0.3) is 0 Å². The zero-order chi connectivity index (χ0) is 64.5. The molecule has 0 radical (unpaired) electrons. The molecule has 4 N–H and O–H groups in total. The van der Waals surface area contributed by atoms with Crippen molar-refractivity contribution in [1.29, 1.82) is 0 Å². The standard InChI is InChI=1S/C69H117Cl3N2O14/c1-5-9-13-17-21-23-27-29-36-42-56(85-61(77)44-38-31-25-19-15-11-7-3)49-60(76)73-55(48-63(79)83-52-54-40-34-33-35-41-54)46-47-58-65(74-68(82)84-53-69(70,71)72)67(66(81)59(51-75)87-58)88-64(80)50-57(43-37-30-28-24-22-18-14-10-6-2)86-62(78)45-39-32-26-20-16-12-8-4/h33-35,40-41,55-59,65-67,75,81H,5-32,36-39,42-53H2,1-4H3,(H,73,76)(H,74,82)/t55-,56+,57+,58-,59+,65-,66+,67+/m0/s1. The first kappa shape index (κ1) is 80.7. The number of hydrogen-bond donors (Lipinski definition) is 4. The van der Waals surface area contributed by atoms with E-state index >= 15 is 0 Å². The van der Waals surface area contributed by atoms with Crippen molar-refractivity contribution in [2.75, 3.05) is 13.2 Å². The summed E-state index contributed by atoms with van der Waals surface area (Å²) in [5.74, 6) is -2.68. The summed E-state index contributed by atoms with van der Waals surface area (Å²) in [6, 6.07) is 6.85.